The van der Waals surface area contributed by atoms with E-state index in [1.807, 2.05) is 25.6 Å². The fourth-order valence-corrected chi connectivity index (χ4v) is 3.32. The van der Waals surface area contributed by atoms with Gasteiger partial charge in [0.15, 0.2) is 0 Å². The Morgan fingerprint density at radius 1 is 1.37 bits per heavy atom. The van der Waals surface area contributed by atoms with Gasteiger partial charge in [-0.15, -0.1) is 11.8 Å². The number of thioether (sulfide) groups is 1. The maximum absolute atomic E-state index is 11.5. The monoisotopic (exact) mass is 278 g/mol. The molecular weight excluding hydrogens is 256 g/mol. The van der Waals surface area contributed by atoms with Gasteiger partial charge >= 0.3 is 0 Å². The van der Waals surface area contributed by atoms with Gasteiger partial charge in [0.1, 0.15) is 0 Å². The molecular formula is C15H22N2OS. The van der Waals surface area contributed by atoms with Crippen LogP contribution in [0.2, 0.25) is 0 Å². The highest BCUT2D eigenvalue weighted by Gasteiger charge is 2.19. The molecule has 0 aliphatic carbocycles. The number of hydrogen-bond acceptors (Lipinski definition) is 3. The van der Waals surface area contributed by atoms with Gasteiger partial charge in [0.2, 0.25) is 5.91 Å². The summed E-state index contributed by atoms with van der Waals surface area (Å²) in [6.45, 7) is 5.35. The number of nitrogens with one attached hydrogen (secondary N) is 2. The summed E-state index contributed by atoms with van der Waals surface area (Å²) in [6.07, 6.45) is 1.15. The molecule has 0 fully saturated rings. The second kappa shape index (κ2) is 6.96. The predicted molar refractivity (Wildman–Crippen MR) is 80.4 cm³/mol. The van der Waals surface area contributed by atoms with E-state index in [0.717, 1.165) is 18.7 Å². The lowest BCUT2D eigenvalue weighted by molar-refractivity contribution is -0.123. The summed E-state index contributed by atoms with van der Waals surface area (Å²) in [6, 6.07) is 9.01. The summed E-state index contributed by atoms with van der Waals surface area (Å²) >= 11 is 1.93. The first-order valence-corrected chi connectivity index (χ1v) is 7.90. The van der Waals surface area contributed by atoms with E-state index >= 15 is 0 Å². The van der Waals surface area contributed by atoms with Gasteiger partial charge in [-0.1, -0.05) is 32.0 Å². The number of carbonyl (C=O) groups is 1. The standard InChI is InChI=1S/C15H22N2OS/c1-11(2)15(18)17-9-8-16-13-7-10-19-14-6-4-3-5-12(13)14/h3-6,11,13,16H,7-10H2,1-2H3,(H,17,18). The molecule has 104 valence electrons. The molecule has 0 saturated heterocycles. The second-order valence-electron chi connectivity index (χ2n) is 5.13. The first-order valence-electron chi connectivity index (χ1n) is 6.91. The fourth-order valence-electron chi connectivity index (χ4n) is 2.19. The molecule has 0 aromatic heterocycles. The van der Waals surface area contributed by atoms with Crippen LogP contribution in [0.3, 0.4) is 0 Å². The second-order valence-corrected chi connectivity index (χ2v) is 6.26. The third kappa shape index (κ3) is 3.98. The van der Waals surface area contributed by atoms with E-state index < -0.39 is 0 Å². The number of fused-ring (bicyclic) bond motifs is 1. The first-order chi connectivity index (χ1) is 9.18. The summed E-state index contributed by atoms with van der Waals surface area (Å²) in [5.74, 6) is 1.35. The van der Waals surface area contributed by atoms with Gasteiger partial charge in [0.05, 0.1) is 0 Å². The summed E-state index contributed by atoms with van der Waals surface area (Å²) in [5.41, 5.74) is 1.40. The van der Waals surface area contributed by atoms with Crippen molar-refractivity contribution in [1.29, 1.82) is 0 Å². The van der Waals surface area contributed by atoms with Crippen molar-refractivity contribution in [1.82, 2.24) is 10.6 Å². The van der Waals surface area contributed by atoms with Gasteiger partial charge in [-0.2, -0.15) is 0 Å². The molecule has 1 heterocycles. The van der Waals surface area contributed by atoms with Crippen molar-refractivity contribution in [2.75, 3.05) is 18.8 Å². The SMILES string of the molecule is CC(C)C(=O)NCCNC1CCSc2ccccc21. The summed E-state index contributed by atoms with van der Waals surface area (Å²) < 4.78 is 0. The summed E-state index contributed by atoms with van der Waals surface area (Å²) in [5, 5.41) is 6.48. The molecule has 1 unspecified atom stereocenters. The summed E-state index contributed by atoms with van der Waals surface area (Å²) in [4.78, 5) is 12.8. The minimum absolute atomic E-state index is 0.0619. The Morgan fingerprint density at radius 3 is 2.95 bits per heavy atom. The maximum Gasteiger partial charge on any atom is 0.222 e. The highest BCUT2D eigenvalue weighted by atomic mass is 32.2. The first kappa shape index (κ1) is 14.4. The van der Waals surface area contributed by atoms with E-state index in [9.17, 15) is 4.79 Å². The lowest BCUT2D eigenvalue weighted by Gasteiger charge is -2.26. The Balaban J connectivity index is 1.80. The molecule has 1 aromatic rings. The highest BCUT2D eigenvalue weighted by Crippen LogP contribution is 2.35. The minimum Gasteiger partial charge on any atom is -0.355 e. The Hall–Kier alpha value is -1.00. The molecule has 1 aliphatic heterocycles. The maximum atomic E-state index is 11.5. The Morgan fingerprint density at radius 2 is 2.16 bits per heavy atom. The lowest BCUT2D eigenvalue weighted by Crippen LogP contribution is -2.36. The van der Waals surface area contributed by atoms with Crippen molar-refractivity contribution in [2.24, 2.45) is 5.92 Å². The highest BCUT2D eigenvalue weighted by molar-refractivity contribution is 7.99. The van der Waals surface area contributed by atoms with E-state index in [4.69, 9.17) is 0 Å². The molecule has 1 amide bonds. The molecule has 19 heavy (non-hydrogen) atoms. The van der Waals surface area contributed by atoms with Crippen molar-refractivity contribution in [3.63, 3.8) is 0 Å². The van der Waals surface area contributed by atoms with Crippen molar-refractivity contribution >= 4 is 17.7 Å². The van der Waals surface area contributed by atoms with Gasteiger partial charge in [0, 0.05) is 29.9 Å². The van der Waals surface area contributed by atoms with Crippen molar-refractivity contribution < 1.29 is 4.79 Å². The van der Waals surface area contributed by atoms with Crippen LogP contribution in [0.15, 0.2) is 29.2 Å². The minimum atomic E-state index is 0.0619. The molecule has 2 rings (SSSR count). The Kier molecular flexibility index (Phi) is 5.28. The van der Waals surface area contributed by atoms with E-state index in [2.05, 4.69) is 34.9 Å². The molecule has 2 N–H and O–H groups in total. The number of rotatable bonds is 5. The van der Waals surface area contributed by atoms with Crippen LogP contribution < -0.4 is 10.6 Å². The molecule has 0 radical (unpaired) electrons. The van der Waals surface area contributed by atoms with Gasteiger partial charge in [-0.3, -0.25) is 4.79 Å². The quantitative estimate of drug-likeness (QED) is 0.813. The Bertz CT molecular complexity index is 434. The zero-order valence-electron chi connectivity index (χ0n) is 11.6. The topological polar surface area (TPSA) is 41.1 Å². The van der Waals surface area contributed by atoms with Crippen LogP contribution in [-0.2, 0) is 4.79 Å². The zero-order chi connectivity index (χ0) is 13.7. The van der Waals surface area contributed by atoms with Crippen molar-refractivity contribution in [3.05, 3.63) is 29.8 Å². The predicted octanol–water partition coefficient (Wildman–Crippen LogP) is 2.59. The molecule has 0 bridgehead atoms. The fraction of sp³-hybridized carbons (Fsp3) is 0.533. The summed E-state index contributed by atoms with van der Waals surface area (Å²) in [7, 11) is 0. The largest absolute Gasteiger partial charge is 0.355 e. The van der Waals surface area contributed by atoms with E-state index in [1.165, 1.54) is 10.5 Å². The zero-order valence-corrected chi connectivity index (χ0v) is 12.4. The van der Waals surface area contributed by atoms with E-state index in [0.29, 0.717) is 12.6 Å². The third-order valence-corrected chi connectivity index (χ3v) is 4.42. The average Bonchev–Trinajstić information content (AvgIpc) is 2.43. The molecule has 3 nitrogen and oxygen atoms in total. The van der Waals surface area contributed by atoms with Crippen LogP contribution in [0.25, 0.3) is 0 Å². The number of benzene rings is 1. The number of amides is 1. The van der Waals surface area contributed by atoms with Gasteiger partial charge in [-0.05, 0) is 23.8 Å². The van der Waals surface area contributed by atoms with Crippen LogP contribution in [0.5, 0.6) is 0 Å². The van der Waals surface area contributed by atoms with Crippen molar-refractivity contribution in [2.45, 2.75) is 31.2 Å². The van der Waals surface area contributed by atoms with Crippen molar-refractivity contribution in [3.8, 4) is 0 Å². The van der Waals surface area contributed by atoms with Gasteiger partial charge < -0.3 is 10.6 Å². The smallest absolute Gasteiger partial charge is 0.222 e. The van der Waals surface area contributed by atoms with Crippen LogP contribution in [-0.4, -0.2) is 24.7 Å². The van der Waals surface area contributed by atoms with Crippen LogP contribution in [0.1, 0.15) is 31.9 Å². The number of hydrogen-bond donors (Lipinski definition) is 2. The lowest BCUT2D eigenvalue weighted by atomic mass is 10.0. The average molecular weight is 278 g/mol. The third-order valence-electron chi connectivity index (χ3n) is 3.30. The van der Waals surface area contributed by atoms with Crippen LogP contribution in [0, 0.1) is 5.92 Å². The van der Waals surface area contributed by atoms with Gasteiger partial charge in [-0.25, -0.2) is 0 Å². The Labute approximate surface area is 119 Å². The molecule has 1 aliphatic rings. The van der Waals surface area contributed by atoms with Gasteiger partial charge in [0.25, 0.3) is 0 Å². The van der Waals surface area contributed by atoms with E-state index in [-0.39, 0.29) is 11.8 Å². The molecule has 0 spiro atoms. The van der Waals surface area contributed by atoms with E-state index in [1.54, 1.807) is 0 Å². The number of carbonyl (C=O) groups excluding carboxylic acids is 1. The molecule has 0 saturated carbocycles. The van der Waals surface area contributed by atoms with Crippen LogP contribution >= 0.6 is 11.8 Å². The molecule has 1 aromatic carbocycles. The molecule has 4 heteroatoms. The molecule has 1 atom stereocenters. The van der Waals surface area contributed by atoms with Crippen LogP contribution in [0.4, 0.5) is 0 Å². The normalized spacial score (nSPS) is 18.2.